The number of carbonyl (C=O) groups excluding carboxylic acids is 1. The van der Waals surface area contributed by atoms with Crippen LogP contribution in [0.15, 0.2) is 42.5 Å². The van der Waals surface area contributed by atoms with Gasteiger partial charge in [0.15, 0.2) is 10.9 Å². The fourth-order valence-electron chi connectivity index (χ4n) is 2.84. The minimum absolute atomic E-state index is 0.121. The van der Waals surface area contributed by atoms with Crippen molar-refractivity contribution in [1.29, 1.82) is 0 Å². The summed E-state index contributed by atoms with van der Waals surface area (Å²) in [7, 11) is 0. The van der Waals surface area contributed by atoms with Gasteiger partial charge in [0.1, 0.15) is 10.8 Å². The highest BCUT2D eigenvalue weighted by Crippen LogP contribution is 2.29. The molecule has 0 atom stereocenters. The van der Waals surface area contributed by atoms with Crippen LogP contribution < -0.4 is 10.6 Å². The van der Waals surface area contributed by atoms with Gasteiger partial charge in [0.2, 0.25) is 4.96 Å². The number of benzene rings is 2. The number of nitrogens with zero attached hydrogens (tertiary/aromatic N) is 4. The molecule has 7 nitrogen and oxygen atoms in total. The van der Waals surface area contributed by atoms with Gasteiger partial charge in [-0.2, -0.15) is 9.61 Å². The van der Waals surface area contributed by atoms with Crippen LogP contribution in [-0.4, -0.2) is 30.8 Å². The summed E-state index contributed by atoms with van der Waals surface area (Å²) in [5.74, 6) is -0.165. The summed E-state index contributed by atoms with van der Waals surface area (Å²) in [5.41, 5.74) is 2.76. The summed E-state index contributed by atoms with van der Waals surface area (Å²) in [6, 6.07) is 11.2. The van der Waals surface area contributed by atoms with Gasteiger partial charge in [-0.25, -0.2) is 4.39 Å². The predicted octanol–water partition coefficient (Wildman–Crippen LogP) is 3.99. The number of hydrogen-bond donors (Lipinski definition) is 2. The number of rotatable bonds is 4. The highest BCUT2D eigenvalue weighted by atomic mass is 32.1. The van der Waals surface area contributed by atoms with E-state index in [9.17, 15) is 9.18 Å². The Morgan fingerprint density at radius 2 is 2.07 bits per heavy atom. The number of amides is 1. The Bertz CT molecular complexity index is 1270. The summed E-state index contributed by atoms with van der Waals surface area (Å²) >= 11 is 6.71. The lowest BCUT2D eigenvalue weighted by Gasteiger charge is -2.13. The number of aromatic nitrogens is 4. The molecule has 2 aromatic carbocycles. The normalized spacial score (nSPS) is 10.9. The molecule has 0 aliphatic carbocycles. The molecule has 0 radical (unpaired) electrons. The third-order valence-electron chi connectivity index (χ3n) is 4.42. The molecule has 4 rings (SSSR count). The predicted molar refractivity (Wildman–Crippen MR) is 118 cm³/mol. The smallest absolute Gasteiger partial charge is 0.257 e. The van der Waals surface area contributed by atoms with Crippen molar-refractivity contribution < 1.29 is 9.18 Å². The monoisotopic (exact) mass is 440 g/mol. The summed E-state index contributed by atoms with van der Waals surface area (Å²) in [6.45, 7) is 3.93. The zero-order chi connectivity index (χ0) is 21.3. The number of anilines is 1. The Morgan fingerprint density at radius 1 is 1.23 bits per heavy atom. The van der Waals surface area contributed by atoms with E-state index in [1.165, 1.54) is 29.5 Å². The Morgan fingerprint density at radius 3 is 2.83 bits per heavy atom. The van der Waals surface area contributed by atoms with Crippen LogP contribution in [0.25, 0.3) is 15.5 Å². The highest BCUT2D eigenvalue weighted by Gasteiger charge is 2.14. The van der Waals surface area contributed by atoms with Crippen molar-refractivity contribution in [3.63, 3.8) is 0 Å². The maximum absolute atomic E-state index is 13.3. The van der Waals surface area contributed by atoms with Gasteiger partial charge in [-0.3, -0.25) is 10.1 Å². The van der Waals surface area contributed by atoms with Gasteiger partial charge in [-0.1, -0.05) is 36.5 Å². The highest BCUT2D eigenvalue weighted by molar-refractivity contribution is 7.80. The van der Waals surface area contributed by atoms with Gasteiger partial charge in [-0.05, 0) is 49.0 Å². The molecule has 0 aliphatic rings. The van der Waals surface area contributed by atoms with Gasteiger partial charge in [0.25, 0.3) is 5.91 Å². The van der Waals surface area contributed by atoms with Crippen molar-refractivity contribution in [3.8, 4) is 10.6 Å². The van der Waals surface area contributed by atoms with Crippen molar-refractivity contribution in [2.24, 2.45) is 0 Å². The number of nitrogens with one attached hydrogen (secondary N) is 2. The fraction of sp³-hybridized carbons (Fsp3) is 0.150. The molecule has 152 valence electrons. The minimum atomic E-state index is -0.485. The maximum atomic E-state index is 13.3. The van der Waals surface area contributed by atoms with Crippen LogP contribution in [0.1, 0.15) is 28.7 Å². The number of hydrogen-bond acceptors (Lipinski definition) is 6. The lowest BCUT2D eigenvalue weighted by atomic mass is 10.1. The molecule has 1 amide bonds. The van der Waals surface area contributed by atoms with Crippen molar-refractivity contribution in [2.75, 3.05) is 5.32 Å². The summed E-state index contributed by atoms with van der Waals surface area (Å²) in [6.07, 6.45) is 0.740. The molecule has 0 saturated carbocycles. The van der Waals surface area contributed by atoms with Crippen LogP contribution in [0.4, 0.5) is 10.1 Å². The first-order valence-electron chi connectivity index (χ1n) is 9.14. The van der Waals surface area contributed by atoms with Crippen molar-refractivity contribution >= 4 is 45.2 Å². The standard InChI is InChI=1S/C20H17FN6OS2/c1-3-16-24-25-20-27(16)26-18(30-20)13-8-7-11(2)15(10-13)22-19(29)23-17(28)12-5-4-6-14(21)9-12/h4-10H,3H2,1-2H3,(H2,22,23,28,29). The SMILES string of the molecule is CCc1nnc2sc(-c3ccc(C)c(NC(=S)NC(=O)c4cccc(F)c4)c3)nn12. The quantitative estimate of drug-likeness (QED) is 0.467. The van der Waals surface area contributed by atoms with E-state index < -0.39 is 11.7 Å². The van der Waals surface area contributed by atoms with Gasteiger partial charge in [0.05, 0.1) is 0 Å². The van der Waals surface area contributed by atoms with Crippen LogP contribution in [0.3, 0.4) is 0 Å². The van der Waals surface area contributed by atoms with Crippen LogP contribution in [0.5, 0.6) is 0 Å². The zero-order valence-corrected chi connectivity index (χ0v) is 17.8. The molecule has 0 spiro atoms. The second-order valence-electron chi connectivity index (χ2n) is 6.52. The molecule has 30 heavy (non-hydrogen) atoms. The summed E-state index contributed by atoms with van der Waals surface area (Å²) in [5, 5.41) is 19.4. The number of thiocarbonyl (C=S) groups is 1. The van der Waals surface area contributed by atoms with E-state index in [1.807, 2.05) is 32.0 Å². The van der Waals surface area contributed by atoms with E-state index in [0.29, 0.717) is 0 Å². The summed E-state index contributed by atoms with van der Waals surface area (Å²) in [4.78, 5) is 13.0. The molecule has 0 unspecified atom stereocenters. The van der Waals surface area contributed by atoms with E-state index in [-0.39, 0.29) is 10.7 Å². The third-order valence-corrected chi connectivity index (χ3v) is 5.57. The Hall–Kier alpha value is -3.24. The first-order valence-corrected chi connectivity index (χ1v) is 10.4. The lowest BCUT2D eigenvalue weighted by Crippen LogP contribution is -2.34. The largest absolute Gasteiger partial charge is 0.332 e. The number of halogens is 1. The minimum Gasteiger partial charge on any atom is -0.332 e. The second-order valence-corrected chi connectivity index (χ2v) is 7.88. The van der Waals surface area contributed by atoms with Gasteiger partial charge < -0.3 is 5.32 Å². The van der Waals surface area contributed by atoms with E-state index >= 15 is 0 Å². The first-order chi connectivity index (χ1) is 14.4. The molecule has 4 aromatic rings. The maximum Gasteiger partial charge on any atom is 0.257 e. The van der Waals surface area contributed by atoms with Gasteiger partial charge in [-0.15, -0.1) is 10.2 Å². The molecular weight excluding hydrogens is 423 g/mol. The zero-order valence-electron chi connectivity index (χ0n) is 16.1. The van der Waals surface area contributed by atoms with Crippen LogP contribution in [0, 0.1) is 12.7 Å². The van der Waals surface area contributed by atoms with E-state index in [1.54, 1.807) is 4.52 Å². The van der Waals surface area contributed by atoms with Crippen molar-refractivity contribution in [1.82, 2.24) is 25.1 Å². The Labute approximate surface area is 181 Å². The molecule has 0 bridgehead atoms. The molecule has 10 heteroatoms. The van der Waals surface area contributed by atoms with Crippen molar-refractivity contribution in [2.45, 2.75) is 20.3 Å². The first kappa shape index (κ1) is 20.0. The topological polar surface area (TPSA) is 84.2 Å². The van der Waals surface area contributed by atoms with E-state index in [2.05, 4.69) is 25.9 Å². The number of fused-ring (bicyclic) bond motifs is 1. The van der Waals surface area contributed by atoms with Gasteiger partial charge >= 0.3 is 0 Å². The average Bonchev–Trinajstić information content (AvgIpc) is 3.30. The van der Waals surface area contributed by atoms with Crippen molar-refractivity contribution in [3.05, 3.63) is 65.2 Å². The fourth-order valence-corrected chi connectivity index (χ4v) is 3.90. The molecule has 0 saturated heterocycles. The second kappa shape index (κ2) is 8.25. The molecular formula is C20H17FN6OS2. The number of aryl methyl sites for hydroxylation is 2. The molecule has 2 heterocycles. The third kappa shape index (κ3) is 4.05. The number of carbonyl (C=O) groups is 1. The van der Waals surface area contributed by atoms with Crippen LogP contribution in [0.2, 0.25) is 0 Å². The van der Waals surface area contributed by atoms with Crippen LogP contribution >= 0.6 is 23.6 Å². The van der Waals surface area contributed by atoms with Gasteiger partial charge in [0, 0.05) is 23.2 Å². The lowest BCUT2D eigenvalue weighted by molar-refractivity contribution is 0.0977. The summed E-state index contributed by atoms with van der Waals surface area (Å²) < 4.78 is 15.1. The van der Waals surface area contributed by atoms with E-state index in [4.69, 9.17) is 12.2 Å². The van der Waals surface area contributed by atoms with Crippen LogP contribution in [-0.2, 0) is 6.42 Å². The average molecular weight is 441 g/mol. The molecule has 0 fully saturated rings. The molecule has 2 N–H and O–H groups in total. The van der Waals surface area contributed by atoms with E-state index in [0.717, 1.165) is 45.1 Å². The molecule has 0 aliphatic heterocycles. The Balaban J connectivity index is 1.53. The molecule has 2 aromatic heterocycles. The Kier molecular flexibility index (Phi) is 5.51.